The van der Waals surface area contributed by atoms with Gasteiger partial charge in [0.2, 0.25) is 5.91 Å². The van der Waals surface area contributed by atoms with Crippen molar-refractivity contribution in [3.63, 3.8) is 0 Å². The van der Waals surface area contributed by atoms with Crippen LogP contribution in [-0.4, -0.2) is 24.2 Å². The third-order valence-corrected chi connectivity index (χ3v) is 2.73. The normalized spacial score (nSPS) is 9.84. The van der Waals surface area contributed by atoms with Crippen molar-refractivity contribution in [3.05, 3.63) is 35.9 Å². The van der Waals surface area contributed by atoms with Gasteiger partial charge >= 0.3 is 0 Å². The maximum Gasteiger partial charge on any atom is 0.248 e. The summed E-state index contributed by atoms with van der Waals surface area (Å²) in [6.07, 6.45) is 3.42. The van der Waals surface area contributed by atoms with E-state index in [9.17, 15) is 4.79 Å². The summed E-state index contributed by atoms with van der Waals surface area (Å²) >= 11 is 0. The molecule has 0 bridgehead atoms. The van der Waals surface area contributed by atoms with Crippen LogP contribution in [0.1, 0.15) is 26.7 Å². The zero-order chi connectivity index (χ0) is 14.1. The minimum absolute atomic E-state index is 0.0138. The van der Waals surface area contributed by atoms with Crippen molar-refractivity contribution < 1.29 is 14.6 Å². The van der Waals surface area contributed by atoms with Crippen LogP contribution >= 0.6 is 0 Å². The quantitative estimate of drug-likeness (QED) is 0.744. The number of rotatable bonds is 7. The van der Waals surface area contributed by atoms with Gasteiger partial charge in [-0.2, -0.15) is 0 Å². The summed E-state index contributed by atoms with van der Waals surface area (Å²) in [6.45, 7) is 4.33. The van der Waals surface area contributed by atoms with Crippen LogP contribution in [0.25, 0.3) is 0 Å². The molecule has 1 aromatic carbocycles. The average molecular weight is 263 g/mol. The monoisotopic (exact) mass is 263 g/mol. The molecule has 1 aromatic rings. The SMILES string of the molecule is CCC(=CC(=O)Nc1ccc(OCCO)cc1)CC. The van der Waals surface area contributed by atoms with Crippen molar-refractivity contribution >= 4 is 11.6 Å². The molecule has 1 rings (SSSR count). The summed E-state index contributed by atoms with van der Waals surface area (Å²) in [7, 11) is 0. The first-order valence-electron chi connectivity index (χ1n) is 6.53. The largest absolute Gasteiger partial charge is 0.491 e. The topological polar surface area (TPSA) is 58.6 Å². The zero-order valence-corrected chi connectivity index (χ0v) is 11.5. The molecule has 0 aliphatic carbocycles. The van der Waals surface area contributed by atoms with E-state index < -0.39 is 0 Å². The van der Waals surface area contributed by atoms with E-state index in [1.165, 1.54) is 0 Å². The number of anilines is 1. The van der Waals surface area contributed by atoms with Crippen LogP contribution < -0.4 is 10.1 Å². The molecule has 104 valence electrons. The number of aliphatic hydroxyl groups excluding tert-OH is 1. The summed E-state index contributed by atoms with van der Waals surface area (Å²) in [6, 6.07) is 7.07. The van der Waals surface area contributed by atoms with E-state index in [1.54, 1.807) is 30.3 Å². The third kappa shape index (κ3) is 5.57. The Morgan fingerprint density at radius 2 is 1.89 bits per heavy atom. The molecule has 0 spiro atoms. The number of benzene rings is 1. The van der Waals surface area contributed by atoms with E-state index in [0.29, 0.717) is 5.75 Å². The number of nitrogens with one attached hydrogen (secondary N) is 1. The first-order valence-corrected chi connectivity index (χ1v) is 6.53. The Morgan fingerprint density at radius 1 is 1.26 bits per heavy atom. The van der Waals surface area contributed by atoms with Crippen molar-refractivity contribution in [3.8, 4) is 5.75 Å². The minimum atomic E-state index is -0.109. The van der Waals surface area contributed by atoms with Gasteiger partial charge in [0.25, 0.3) is 0 Å². The van der Waals surface area contributed by atoms with Gasteiger partial charge in [0.15, 0.2) is 0 Å². The molecular weight excluding hydrogens is 242 g/mol. The first kappa shape index (κ1) is 15.2. The Bertz CT molecular complexity index is 418. The molecule has 2 N–H and O–H groups in total. The molecule has 1 amide bonds. The molecule has 0 saturated heterocycles. The van der Waals surface area contributed by atoms with Gasteiger partial charge in [0, 0.05) is 11.8 Å². The molecule has 0 radical (unpaired) electrons. The predicted octanol–water partition coefficient (Wildman–Crippen LogP) is 2.74. The smallest absolute Gasteiger partial charge is 0.248 e. The second kappa shape index (κ2) is 8.32. The Labute approximate surface area is 114 Å². The van der Waals surface area contributed by atoms with E-state index in [1.807, 2.05) is 13.8 Å². The third-order valence-electron chi connectivity index (χ3n) is 2.73. The number of amides is 1. The lowest BCUT2D eigenvalue weighted by atomic mass is 10.1. The van der Waals surface area contributed by atoms with Crippen molar-refractivity contribution in [1.29, 1.82) is 0 Å². The number of carbonyl (C=O) groups excluding carboxylic acids is 1. The Morgan fingerprint density at radius 3 is 2.42 bits per heavy atom. The number of aliphatic hydroxyl groups is 1. The van der Waals surface area contributed by atoms with E-state index in [-0.39, 0.29) is 19.1 Å². The summed E-state index contributed by atoms with van der Waals surface area (Å²) in [5.74, 6) is 0.563. The summed E-state index contributed by atoms with van der Waals surface area (Å²) < 4.78 is 5.24. The molecule has 4 nitrogen and oxygen atoms in total. The van der Waals surface area contributed by atoms with Crippen LogP contribution in [0.15, 0.2) is 35.9 Å². The molecule has 0 fully saturated rings. The molecule has 0 saturated carbocycles. The number of hydrogen-bond acceptors (Lipinski definition) is 3. The molecule has 19 heavy (non-hydrogen) atoms. The molecule has 0 heterocycles. The Hall–Kier alpha value is -1.81. The fourth-order valence-corrected chi connectivity index (χ4v) is 1.62. The number of carbonyl (C=O) groups is 1. The Balaban J connectivity index is 2.57. The van der Waals surface area contributed by atoms with Gasteiger partial charge in [-0.15, -0.1) is 0 Å². The molecule has 0 aliphatic heterocycles. The maximum absolute atomic E-state index is 11.7. The summed E-state index contributed by atoms with van der Waals surface area (Å²) in [5, 5.41) is 11.4. The highest BCUT2D eigenvalue weighted by Crippen LogP contribution is 2.16. The lowest BCUT2D eigenvalue weighted by Crippen LogP contribution is -2.09. The maximum atomic E-state index is 11.7. The van der Waals surface area contributed by atoms with Crippen LogP contribution in [0.2, 0.25) is 0 Å². The van der Waals surface area contributed by atoms with Gasteiger partial charge < -0.3 is 15.2 Å². The van der Waals surface area contributed by atoms with Crippen LogP contribution in [0.5, 0.6) is 5.75 Å². The Kier molecular flexibility index (Phi) is 6.68. The summed E-state index contributed by atoms with van der Waals surface area (Å²) in [5.41, 5.74) is 1.85. The van der Waals surface area contributed by atoms with Crippen LogP contribution in [-0.2, 0) is 4.79 Å². The number of ether oxygens (including phenoxy) is 1. The highest BCUT2D eigenvalue weighted by Gasteiger charge is 2.01. The lowest BCUT2D eigenvalue weighted by molar-refractivity contribution is -0.112. The second-order valence-electron chi connectivity index (χ2n) is 4.10. The first-order chi connectivity index (χ1) is 9.19. The minimum Gasteiger partial charge on any atom is -0.491 e. The van der Waals surface area contributed by atoms with Gasteiger partial charge in [-0.1, -0.05) is 19.4 Å². The summed E-state index contributed by atoms with van der Waals surface area (Å²) in [4.78, 5) is 11.7. The predicted molar refractivity (Wildman–Crippen MR) is 76.3 cm³/mol. The molecule has 0 atom stereocenters. The van der Waals surface area contributed by atoms with Crippen LogP contribution in [0.4, 0.5) is 5.69 Å². The van der Waals surface area contributed by atoms with Crippen LogP contribution in [0.3, 0.4) is 0 Å². The highest BCUT2D eigenvalue weighted by molar-refractivity contribution is 5.99. The van der Waals surface area contributed by atoms with Crippen molar-refractivity contribution in [2.75, 3.05) is 18.5 Å². The molecule has 0 aromatic heterocycles. The van der Waals surface area contributed by atoms with E-state index in [0.717, 1.165) is 24.1 Å². The number of allylic oxidation sites excluding steroid dienone is 1. The molecule has 0 aliphatic rings. The van der Waals surface area contributed by atoms with Crippen molar-refractivity contribution in [2.24, 2.45) is 0 Å². The lowest BCUT2D eigenvalue weighted by Gasteiger charge is -2.07. The molecule has 0 unspecified atom stereocenters. The number of hydrogen-bond donors (Lipinski definition) is 2. The van der Waals surface area contributed by atoms with Crippen LogP contribution in [0, 0.1) is 0 Å². The standard InChI is InChI=1S/C15H21NO3/c1-3-12(4-2)11-15(18)16-13-5-7-14(8-6-13)19-10-9-17/h5-8,11,17H,3-4,9-10H2,1-2H3,(H,16,18). The fourth-order valence-electron chi connectivity index (χ4n) is 1.62. The van der Waals surface area contributed by atoms with Crippen molar-refractivity contribution in [2.45, 2.75) is 26.7 Å². The zero-order valence-electron chi connectivity index (χ0n) is 11.5. The van der Waals surface area contributed by atoms with Gasteiger partial charge in [-0.3, -0.25) is 4.79 Å². The van der Waals surface area contributed by atoms with E-state index in [4.69, 9.17) is 9.84 Å². The molecule has 4 heteroatoms. The van der Waals surface area contributed by atoms with Crippen molar-refractivity contribution in [1.82, 2.24) is 0 Å². The highest BCUT2D eigenvalue weighted by atomic mass is 16.5. The second-order valence-corrected chi connectivity index (χ2v) is 4.10. The fraction of sp³-hybridized carbons (Fsp3) is 0.400. The van der Waals surface area contributed by atoms with Gasteiger partial charge in [-0.05, 0) is 37.1 Å². The average Bonchev–Trinajstić information content (AvgIpc) is 2.44. The van der Waals surface area contributed by atoms with Gasteiger partial charge in [0.1, 0.15) is 12.4 Å². The van der Waals surface area contributed by atoms with E-state index in [2.05, 4.69) is 5.32 Å². The van der Waals surface area contributed by atoms with Gasteiger partial charge in [0.05, 0.1) is 6.61 Å². The van der Waals surface area contributed by atoms with E-state index >= 15 is 0 Å². The van der Waals surface area contributed by atoms with Gasteiger partial charge in [-0.25, -0.2) is 0 Å². The molecular formula is C15H21NO3.